The van der Waals surface area contributed by atoms with Crippen molar-refractivity contribution in [1.29, 1.82) is 0 Å². The van der Waals surface area contributed by atoms with Crippen LogP contribution in [0.1, 0.15) is 25.0 Å². The van der Waals surface area contributed by atoms with Gasteiger partial charge in [-0.1, -0.05) is 11.6 Å². The van der Waals surface area contributed by atoms with Crippen LogP contribution in [0.5, 0.6) is 0 Å². The Hall–Kier alpha value is -0.940. The molecule has 1 fully saturated rings. The molecule has 1 N–H and O–H groups in total. The molecule has 0 bridgehead atoms. The average molecular weight is 210 g/mol. The molecule has 1 saturated heterocycles. The fraction of sp³-hybridized carbons (Fsp3) is 0.800. The molecule has 2 rings (SSSR count). The van der Waals surface area contributed by atoms with Crippen molar-refractivity contribution < 1.29 is 5.11 Å². The van der Waals surface area contributed by atoms with Crippen molar-refractivity contribution in [3.8, 4) is 0 Å². The van der Waals surface area contributed by atoms with Gasteiger partial charge in [-0.3, -0.25) is 9.58 Å². The van der Waals surface area contributed by atoms with E-state index in [0.717, 1.165) is 25.2 Å². The lowest BCUT2D eigenvalue weighted by atomic mass is 10.0. The molecule has 1 unspecified atom stereocenters. The Morgan fingerprint density at radius 2 is 2.40 bits per heavy atom. The molecule has 1 aliphatic heterocycles. The summed E-state index contributed by atoms with van der Waals surface area (Å²) >= 11 is 0. The van der Waals surface area contributed by atoms with Gasteiger partial charge in [0.2, 0.25) is 0 Å². The topological polar surface area (TPSA) is 54.2 Å². The van der Waals surface area contributed by atoms with Crippen LogP contribution in [-0.2, 0) is 13.6 Å². The van der Waals surface area contributed by atoms with Crippen molar-refractivity contribution in [3.05, 3.63) is 11.9 Å². The lowest BCUT2D eigenvalue weighted by Crippen LogP contribution is -2.41. The van der Waals surface area contributed by atoms with E-state index in [4.69, 9.17) is 0 Å². The van der Waals surface area contributed by atoms with Gasteiger partial charge in [0.15, 0.2) is 0 Å². The summed E-state index contributed by atoms with van der Waals surface area (Å²) in [7, 11) is 1.90. The van der Waals surface area contributed by atoms with Crippen molar-refractivity contribution in [2.24, 2.45) is 7.05 Å². The molecule has 1 atom stereocenters. The van der Waals surface area contributed by atoms with Gasteiger partial charge in [-0.25, -0.2) is 0 Å². The fourth-order valence-corrected chi connectivity index (χ4v) is 2.14. The molecule has 1 aromatic heterocycles. The van der Waals surface area contributed by atoms with Gasteiger partial charge in [-0.2, -0.15) is 0 Å². The zero-order valence-corrected chi connectivity index (χ0v) is 9.13. The van der Waals surface area contributed by atoms with Crippen LogP contribution in [-0.4, -0.2) is 44.2 Å². The Labute approximate surface area is 89.7 Å². The molecule has 84 valence electrons. The number of rotatable bonds is 3. The second-order valence-corrected chi connectivity index (χ2v) is 4.15. The first-order chi connectivity index (χ1) is 7.31. The molecule has 0 saturated carbocycles. The molecule has 0 radical (unpaired) electrons. The summed E-state index contributed by atoms with van der Waals surface area (Å²) in [6, 6.07) is 0.314. The SMILES string of the molecule is Cn1nncc1CN1CCCCC1CO. The zero-order valence-electron chi connectivity index (χ0n) is 9.13. The fourth-order valence-electron chi connectivity index (χ4n) is 2.14. The minimum atomic E-state index is 0.255. The maximum atomic E-state index is 9.28. The molecule has 0 amide bonds. The molecular weight excluding hydrogens is 192 g/mol. The summed E-state index contributed by atoms with van der Waals surface area (Å²) in [4.78, 5) is 2.32. The molecule has 0 spiro atoms. The molecule has 0 aliphatic carbocycles. The average Bonchev–Trinajstić information content (AvgIpc) is 2.65. The standard InChI is InChI=1S/C10H18N4O/c1-13-10(6-11-12-13)7-14-5-3-2-4-9(14)8-15/h6,9,15H,2-5,7-8H2,1H3. The number of hydrogen-bond donors (Lipinski definition) is 1. The molecule has 1 aliphatic rings. The van der Waals surface area contributed by atoms with E-state index < -0.39 is 0 Å². The zero-order chi connectivity index (χ0) is 10.7. The Morgan fingerprint density at radius 1 is 1.53 bits per heavy atom. The van der Waals surface area contributed by atoms with E-state index in [1.165, 1.54) is 12.8 Å². The van der Waals surface area contributed by atoms with E-state index in [-0.39, 0.29) is 6.61 Å². The van der Waals surface area contributed by atoms with E-state index in [0.29, 0.717) is 6.04 Å². The van der Waals surface area contributed by atoms with Crippen LogP contribution in [0.4, 0.5) is 0 Å². The summed E-state index contributed by atoms with van der Waals surface area (Å²) in [5, 5.41) is 17.1. The Kier molecular flexibility index (Phi) is 3.33. The van der Waals surface area contributed by atoms with Crippen LogP contribution in [0, 0.1) is 0 Å². The summed E-state index contributed by atoms with van der Waals surface area (Å²) < 4.78 is 1.79. The van der Waals surface area contributed by atoms with E-state index >= 15 is 0 Å². The van der Waals surface area contributed by atoms with Crippen LogP contribution in [0.25, 0.3) is 0 Å². The number of nitrogens with zero attached hydrogens (tertiary/aromatic N) is 4. The molecule has 5 nitrogen and oxygen atoms in total. The Morgan fingerprint density at radius 3 is 3.07 bits per heavy atom. The first-order valence-corrected chi connectivity index (χ1v) is 5.49. The van der Waals surface area contributed by atoms with Crippen molar-refractivity contribution in [2.75, 3.05) is 13.2 Å². The summed E-state index contributed by atoms with van der Waals surface area (Å²) in [5.41, 5.74) is 1.11. The van der Waals surface area contributed by atoms with Gasteiger partial charge < -0.3 is 5.11 Å². The maximum absolute atomic E-state index is 9.28. The summed E-state index contributed by atoms with van der Waals surface area (Å²) in [6.45, 7) is 2.16. The van der Waals surface area contributed by atoms with E-state index in [9.17, 15) is 5.11 Å². The predicted molar refractivity (Wildman–Crippen MR) is 56.1 cm³/mol. The van der Waals surface area contributed by atoms with Crippen molar-refractivity contribution in [3.63, 3.8) is 0 Å². The number of aromatic nitrogens is 3. The minimum absolute atomic E-state index is 0.255. The molecule has 0 aromatic carbocycles. The third-order valence-electron chi connectivity index (χ3n) is 3.13. The lowest BCUT2D eigenvalue weighted by molar-refractivity contribution is 0.0821. The first-order valence-electron chi connectivity index (χ1n) is 5.49. The number of aliphatic hydroxyl groups excluding tert-OH is 1. The highest BCUT2D eigenvalue weighted by atomic mass is 16.3. The third kappa shape index (κ3) is 2.35. The number of aliphatic hydroxyl groups is 1. The maximum Gasteiger partial charge on any atom is 0.0738 e. The quantitative estimate of drug-likeness (QED) is 0.772. The van der Waals surface area contributed by atoms with Gasteiger partial charge in [0.1, 0.15) is 0 Å². The number of hydrogen-bond acceptors (Lipinski definition) is 4. The summed E-state index contributed by atoms with van der Waals surface area (Å²) in [5.74, 6) is 0. The highest BCUT2D eigenvalue weighted by molar-refractivity contribution is 4.94. The Bertz CT molecular complexity index is 312. The largest absolute Gasteiger partial charge is 0.395 e. The van der Waals surface area contributed by atoms with Gasteiger partial charge >= 0.3 is 0 Å². The highest BCUT2D eigenvalue weighted by Crippen LogP contribution is 2.18. The molecule has 2 heterocycles. The normalized spacial score (nSPS) is 23.2. The molecule has 1 aromatic rings. The molecular formula is C10H18N4O. The number of piperidine rings is 1. The van der Waals surface area contributed by atoms with Gasteiger partial charge in [0, 0.05) is 19.6 Å². The van der Waals surface area contributed by atoms with Crippen LogP contribution >= 0.6 is 0 Å². The van der Waals surface area contributed by atoms with Gasteiger partial charge in [-0.05, 0) is 19.4 Å². The summed E-state index contributed by atoms with van der Waals surface area (Å²) in [6.07, 6.45) is 5.35. The van der Waals surface area contributed by atoms with E-state index in [1.54, 1.807) is 10.9 Å². The molecule has 5 heteroatoms. The lowest BCUT2D eigenvalue weighted by Gasteiger charge is -2.34. The van der Waals surface area contributed by atoms with Crippen LogP contribution in [0.3, 0.4) is 0 Å². The van der Waals surface area contributed by atoms with E-state index in [1.807, 2.05) is 7.05 Å². The van der Waals surface area contributed by atoms with E-state index in [2.05, 4.69) is 15.2 Å². The van der Waals surface area contributed by atoms with Gasteiger partial charge in [0.05, 0.1) is 18.5 Å². The predicted octanol–water partition coefficient (Wildman–Crippen LogP) is 0.162. The smallest absolute Gasteiger partial charge is 0.0738 e. The monoisotopic (exact) mass is 210 g/mol. The highest BCUT2D eigenvalue weighted by Gasteiger charge is 2.22. The van der Waals surface area contributed by atoms with Crippen LogP contribution in [0.2, 0.25) is 0 Å². The van der Waals surface area contributed by atoms with Crippen molar-refractivity contribution in [1.82, 2.24) is 19.9 Å². The van der Waals surface area contributed by atoms with Crippen LogP contribution in [0.15, 0.2) is 6.20 Å². The second-order valence-electron chi connectivity index (χ2n) is 4.15. The van der Waals surface area contributed by atoms with Crippen LogP contribution < -0.4 is 0 Å². The molecule has 15 heavy (non-hydrogen) atoms. The number of aryl methyl sites for hydroxylation is 1. The third-order valence-corrected chi connectivity index (χ3v) is 3.13. The van der Waals surface area contributed by atoms with Crippen molar-refractivity contribution in [2.45, 2.75) is 31.8 Å². The van der Waals surface area contributed by atoms with Crippen molar-refractivity contribution >= 4 is 0 Å². The Balaban J connectivity index is 2.00. The minimum Gasteiger partial charge on any atom is -0.395 e. The first kappa shape index (κ1) is 10.6. The second kappa shape index (κ2) is 4.72. The van der Waals surface area contributed by atoms with Gasteiger partial charge in [0.25, 0.3) is 0 Å². The van der Waals surface area contributed by atoms with Gasteiger partial charge in [-0.15, -0.1) is 5.10 Å². The number of likely N-dealkylation sites (tertiary alicyclic amines) is 1.